The molecule has 1 rings (SSSR count). The van der Waals surface area contributed by atoms with Gasteiger partial charge in [-0.1, -0.05) is 19.9 Å². The molecule has 0 aliphatic heterocycles. The quantitative estimate of drug-likeness (QED) is 0.707. The summed E-state index contributed by atoms with van der Waals surface area (Å²) in [5, 5.41) is 0. The van der Waals surface area contributed by atoms with Gasteiger partial charge in [0.1, 0.15) is 5.78 Å². The van der Waals surface area contributed by atoms with Gasteiger partial charge in [0.2, 0.25) is 0 Å². The first-order chi connectivity index (χ1) is 6.24. The summed E-state index contributed by atoms with van der Waals surface area (Å²) in [6.45, 7) is 3.96. The van der Waals surface area contributed by atoms with Gasteiger partial charge in [-0.05, 0) is 17.5 Å². The average Bonchev–Trinajstić information content (AvgIpc) is 2.19. The molecule has 0 aliphatic carbocycles. The Morgan fingerprint density at radius 3 is 2.92 bits per heavy atom. The third-order valence-electron chi connectivity index (χ3n) is 2.18. The van der Waals surface area contributed by atoms with Gasteiger partial charge in [0, 0.05) is 25.2 Å². The highest BCUT2D eigenvalue weighted by Crippen LogP contribution is 2.18. The maximum Gasteiger partial charge on any atom is 0.133 e. The molecule has 1 aromatic heterocycles. The lowest BCUT2D eigenvalue weighted by Gasteiger charge is -2.08. The monoisotopic (exact) mass is 177 g/mol. The Morgan fingerprint density at radius 1 is 1.62 bits per heavy atom. The average molecular weight is 177 g/mol. The summed E-state index contributed by atoms with van der Waals surface area (Å²) in [7, 11) is 0. The molecule has 2 heteroatoms. The summed E-state index contributed by atoms with van der Waals surface area (Å²) in [5.74, 6) is 0.609. The van der Waals surface area contributed by atoms with Gasteiger partial charge in [0.05, 0.1) is 0 Å². The Balaban J connectivity index is 2.59. The Labute approximate surface area is 79.0 Å². The van der Waals surface area contributed by atoms with Crippen LogP contribution >= 0.6 is 0 Å². The van der Waals surface area contributed by atoms with Crippen LogP contribution in [-0.4, -0.2) is 10.8 Å². The van der Waals surface area contributed by atoms with E-state index in [1.807, 2.05) is 25.3 Å². The minimum Gasteiger partial charge on any atom is -0.300 e. The first-order valence-corrected chi connectivity index (χ1v) is 4.65. The number of hydrogen-bond donors (Lipinski definition) is 0. The molecule has 0 fully saturated rings. The van der Waals surface area contributed by atoms with Crippen LogP contribution in [0.4, 0.5) is 0 Å². The second-order valence-electron chi connectivity index (χ2n) is 3.28. The van der Waals surface area contributed by atoms with Crippen LogP contribution in [0.2, 0.25) is 0 Å². The molecule has 0 saturated carbocycles. The minimum atomic E-state index is 0.293. The first kappa shape index (κ1) is 9.90. The zero-order valence-corrected chi connectivity index (χ0v) is 8.16. The van der Waals surface area contributed by atoms with Crippen molar-refractivity contribution in [2.24, 2.45) is 0 Å². The largest absolute Gasteiger partial charge is 0.300 e. The fraction of sp³-hybridized carbons (Fsp3) is 0.455. The van der Waals surface area contributed by atoms with Crippen molar-refractivity contribution in [2.45, 2.75) is 32.6 Å². The Kier molecular flexibility index (Phi) is 3.62. The van der Waals surface area contributed by atoms with Gasteiger partial charge in [0.15, 0.2) is 0 Å². The summed E-state index contributed by atoms with van der Waals surface area (Å²) in [6.07, 6.45) is 4.83. The molecule has 0 aromatic carbocycles. The number of Topliss-reactive ketones (excluding diaryl/α,β-unsaturated/α-hetero) is 1. The van der Waals surface area contributed by atoms with Crippen LogP contribution in [0, 0.1) is 0 Å². The molecule has 0 radical (unpaired) electrons. The third-order valence-corrected chi connectivity index (χ3v) is 2.18. The number of rotatable bonds is 4. The topological polar surface area (TPSA) is 30.0 Å². The highest BCUT2D eigenvalue weighted by atomic mass is 16.1. The van der Waals surface area contributed by atoms with E-state index < -0.39 is 0 Å². The molecule has 0 bridgehead atoms. The predicted molar refractivity (Wildman–Crippen MR) is 52.6 cm³/mol. The summed E-state index contributed by atoms with van der Waals surface area (Å²) in [6, 6.07) is 3.92. The molecule has 1 atom stereocenters. The smallest absolute Gasteiger partial charge is 0.133 e. The number of hydrogen-bond acceptors (Lipinski definition) is 2. The van der Waals surface area contributed by atoms with Gasteiger partial charge in [-0.2, -0.15) is 0 Å². The van der Waals surface area contributed by atoms with Crippen LogP contribution in [-0.2, 0) is 4.79 Å². The van der Waals surface area contributed by atoms with Crippen LogP contribution in [0.15, 0.2) is 24.5 Å². The summed E-state index contributed by atoms with van der Waals surface area (Å²) in [4.78, 5) is 15.2. The van der Waals surface area contributed by atoms with Crippen LogP contribution in [0.5, 0.6) is 0 Å². The molecule has 1 aromatic rings. The van der Waals surface area contributed by atoms with Crippen molar-refractivity contribution < 1.29 is 4.79 Å². The number of carbonyl (C=O) groups is 1. The maximum absolute atomic E-state index is 11.2. The fourth-order valence-corrected chi connectivity index (χ4v) is 1.27. The maximum atomic E-state index is 11.2. The molecule has 0 amide bonds. The molecular formula is C11H15NO. The van der Waals surface area contributed by atoms with Crippen LogP contribution in [0.3, 0.4) is 0 Å². The third kappa shape index (κ3) is 2.98. The highest BCUT2D eigenvalue weighted by molar-refractivity contribution is 5.78. The Morgan fingerprint density at radius 2 is 2.38 bits per heavy atom. The van der Waals surface area contributed by atoms with Gasteiger partial charge in [0.25, 0.3) is 0 Å². The summed E-state index contributed by atoms with van der Waals surface area (Å²) >= 11 is 0. The van der Waals surface area contributed by atoms with Crippen molar-refractivity contribution in [2.75, 3.05) is 0 Å². The molecule has 70 valence electrons. The van der Waals surface area contributed by atoms with Crippen LogP contribution in [0.1, 0.15) is 38.2 Å². The van der Waals surface area contributed by atoms with E-state index in [9.17, 15) is 4.79 Å². The summed E-state index contributed by atoms with van der Waals surface area (Å²) in [5.41, 5.74) is 1.14. The zero-order valence-electron chi connectivity index (χ0n) is 8.16. The van der Waals surface area contributed by atoms with Crippen molar-refractivity contribution in [1.82, 2.24) is 4.98 Å². The molecule has 0 aliphatic rings. The molecule has 0 saturated heterocycles. The van der Waals surface area contributed by atoms with Crippen LogP contribution in [0.25, 0.3) is 0 Å². The molecule has 1 heterocycles. The highest BCUT2D eigenvalue weighted by Gasteiger charge is 2.09. The predicted octanol–water partition coefficient (Wildman–Crippen LogP) is 2.55. The van der Waals surface area contributed by atoms with Crippen molar-refractivity contribution >= 4 is 5.78 Å². The molecule has 0 N–H and O–H groups in total. The van der Waals surface area contributed by atoms with E-state index in [2.05, 4.69) is 11.9 Å². The molecule has 2 nitrogen and oxygen atoms in total. The van der Waals surface area contributed by atoms with Gasteiger partial charge in [-0.3, -0.25) is 9.78 Å². The van der Waals surface area contributed by atoms with Gasteiger partial charge < -0.3 is 0 Å². The second-order valence-corrected chi connectivity index (χ2v) is 3.28. The number of carbonyl (C=O) groups excluding carboxylic acids is 1. The Hall–Kier alpha value is -1.18. The molecular weight excluding hydrogens is 162 g/mol. The lowest BCUT2D eigenvalue weighted by Crippen LogP contribution is -2.02. The fourth-order valence-electron chi connectivity index (χ4n) is 1.27. The number of aromatic nitrogens is 1. The number of pyridine rings is 1. The first-order valence-electron chi connectivity index (χ1n) is 4.65. The minimum absolute atomic E-state index is 0.293. The lowest BCUT2D eigenvalue weighted by molar-refractivity contribution is -0.119. The standard InChI is InChI=1S/C11H15NO/c1-3-11(13)7-9(2)10-5-4-6-12-8-10/h4-6,8-9H,3,7H2,1-2H3. The van der Waals surface area contributed by atoms with E-state index in [1.54, 1.807) is 6.20 Å². The zero-order chi connectivity index (χ0) is 9.68. The number of nitrogens with zero attached hydrogens (tertiary/aromatic N) is 1. The van der Waals surface area contributed by atoms with Gasteiger partial charge in [-0.15, -0.1) is 0 Å². The van der Waals surface area contributed by atoms with E-state index >= 15 is 0 Å². The van der Waals surface area contributed by atoms with Gasteiger partial charge >= 0.3 is 0 Å². The lowest BCUT2D eigenvalue weighted by atomic mass is 9.96. The van der Waals surface area contributed by atoms with E-state index in [1.165, 1.54) is 0 Å². The molecule has 0 spiro atoms. The van der Waals surface area contributed by atoms with Crippen molar-refractivity contribution in [3.05, 3.63) is 30.1 Å². The van der Waals surface area contributed by atoms with Crippen molar-refractivity contribution in [3.8, 4) is 0 Å². The van der Waals surface area contributed by atoms with Gasteiger partial charge in [-0.25, -0.2) is 0 Å². The van der Waals surface area contributed by atoms with Crippen molar-refractivity contribution in [3.63, 3.8) is 0 Å². The van der Waals surface area contributed by atoms with E-state index in [0.29, 0.717) is 24.5 Å². The molecule has 1 unspecified atom stereocenters. The molecule has 13 heavy (non-hydrogen) atoms. The Bertz CT molecular complexity index is 269. The van der Waals surface area contributed by atoms with Crippen LogP contribution < -0.4 is 0 Å². The second kappa shape index (κ2) is 4.75. The number of ketones is 1. The van der Waals surface area contributed by atoms with E-state index in [4.69, 9.17) is 0 Å². The normalized spacial score (nSPS) is 12.5. The summed E-state index contributed by atoms with van der Waals surface area (Å²) < 4.78 is 0. The van der Waals surface area contributed by atoms with E-state index in [-0.39, 0.29) is 0 Å². The van der Waals surface area contributed by atoms with Crippen molar-refractivity contribution in [1.29, 1.82) is 0 Å². The SMILES string of the molecule is CCC(=O)CC(C)c1cccnc1. The van der Waals surface area contributed by atoms with E-state index in [0.717, 1.165) is 5.56 Å².